The van der Waals surface area contributed by atoms with E-state index in [-0.39, 0.29) is 17.1 Å². The number of aromatic nitrogens is 4. The Morgan fingerprint density at radius 1 is 1.15 bits per heavy atom. The molecule has 0 saturated heterocycles. The third-order valence-electron chi connectivity index (χ3n) is 3.80. The van der Waals surface area contributed by atoms with E-state index in [0.717, 1.165) is 15.9 Å². The number of thioether (sulfide) groups is 1. The Labute approximate surface area is 163 Å². The minimum atomic E-state index is -0.0239. The lowest BCUT2D eigenvalue weighted by molar-refractivity contribution is 0.420. The van der Waals surface area contributed by atoms with Gasteiger partial charge in [0, 0.05) is 5.69 Å². The summed E-state index contributed by atoms with van der Waals surface area (Å²) in [6, 6.07) is 19.4. The lowest BCUT2D eigenvalue weighted by Gasteiger charge is -2.06. The minimum Gasteiger partial charge on any atom is -0.510 e. The fourth-order valence-electron chi connectivity index (χ4n) is 2.51. The van der Waals surface area contributed by atoms with E-state index in [9.17, 15) is 10.4 Å². The van der Waals surface area contributed by atoms with Crippen LogP contribution in [0.2, 0.25) is 0 Å². The van der Waals surface area contributed by atoms with Crippen LogP contribution >= 0.6 is 23.1 Å². The molecule has 2 aromatic heterocycles. The predicted octanol–water partition coefficient (Wildman–Crippen LogP) is 4.46. The molecular formula is C19H13N5OS2. The second-order valence-corrected chi connectivity index (χ2v) is 7.50. The number of aliphatic hydroxyl groups excluding tert-OH is 1. The molecule has 4 rings (SSSR count). The number of hydrogen-bond acceptors (Lipinski definition) is 7. The summed E-state index contributed by atoms with van der Waals surface area (Å²) < 4.78 is 2.81. The van der Waals surface area contributed by atoms with E-state index in [1.54, 1.807) is 6.33 Å². The first-order valence-electron chi connectivity index (χ1n) is 8.02. The minimum absolute atomic E-state index is 0.0239. The molecule has 0 saturated carbocycles. The second-order valence-electron chi connectivity index (χ2n) is 5.53. The number of rotatable bonds is 5. The molecule has 2 heterocycles. The highest BCUT2D eigenvalue weighted by Gasteiger charge is 2.15. The average Bonchev–Trinajstić information content (AvgIpc) is 3.34. The van der Waals surface area contributed by atoms with E-state index in [1.165, 1.54) is 23.1 Å². The zero-order chi connectivity index (χ0) is 18.6. The molecule has 0 aliphatic carbocycles. The Bertz CT molecular complexity index is 1120. The zero-order valence-corrected chi connectivity index (χ0v) is 15.6. The van der Waals surface area contributed by atoms with Gasteiger partial charge >= 0.3 is 0 Å². The fraction of sp³-hybridized carbons (Fsp3) is 0.0526. The molecule has 0 fully saturated rings. The van der Waals surface area contributed by atoms with E-state index < -0.39 is 0 Å². The summed E-state index contributed by atoms with van der Waals surface area (Å²) in [5.41, 5.74) is 1.93. The SMILES string of the molecule is N#C/C(=C(/O)CSc1nncn1-c1ccccc1)c1nc2ccccc2s1. The van der Waals surface area contributed by atoms with Gasteiger partial charge in [-0.2, -0.15) is 5.26 Å². The smallest absolute Gasteiger partial charge is 0.196 e. The van der Waals surface area contributed by atoms with E-state index in [4.69, 9.17) is 0 Å². The van der Waals surface area contributed by atoms with E-state index in [1.807, 2.05) is 59.2 Å². The molecule has 0 aliphatic rings. The maximum Gasteiger partial charge on any atom is 0.196 e. The highest BCUT2D eigenvalue weighted by Crippen LogP contribution is 2.30. The van der Waals surface area contributed by atoms with Gasteiger partial charge in [-0.3, -0.25) is 4.57 Å². The number of aliphatic hydroxyl groups is 1. The number of nitriles is 1. The molecule has 0 unspecified atom stereocenters. The zero-order valence-electron chi connectivity index (χ0n) is 14.0. The van der Waals surface area contributed by atoms with Crippen molar-refractivity contribution in [2.24, 2.45) is 0 Å². The number of thiazole rings is 1. The van der Waals surface area contributed by atoms with E-state index in [2.05, 4.69) is 21.3 Å². The van der Waals surface area contributed by atoms with E-state index >= 15 is 0 Å². The number of fused-ring (bicyclic) bond motifs is 1. The molecule has 6 nitrogen and oxygen atoms in total. The first-order valence-corrected chi connectivity index (χ1v) is 9.83. The quantitative estimate of drug-likeness (QED) is 0.307. The summed E-state index contributed by atoms with van der Waals surface area (Å²) in [4.78, 5) is 4.45. The van der Waals surface area contributed by atoms with Crippen LogP contribution in [0.1, 0.15) is 5.01 Å². The molecule has 132 valence electrons. The third kappa shape index (κ3) is 3.56. The average molecular weight is 391 g/mol. The van der Waals surface area contributed by atoms with Gasteiger partial charge < -0.3 is 5.11 Å². The number of para-hydroxylation sites is 2. The molecule has 4 aromatic rings. The van der Waals surface area contributed by atoms with Crippen molar-refractivity contribution in [3.63, 3.8) is 0 Å². The van der Waals surface area contributed by atoms with Crippen molar-refractivity contribution in [2.45, 2.75) is 5.16 Å². The molecular weight excluding hydrogens is 378 g/mol. The number of hydrogen-bond donors (Lipinski definition) is 1. The monoisotopic (exact) mass is 391 g/mol. The van der Waals surface area contributed by atoms with Crippen molar-refractivity contribution in [1.82, 2.24) is 19.7 Å². The summed E-state index contributed by atoms with van der Waals surface area (Å²) in [5, 5.41) is 29.2. The highest BCUT2D eigenvalue weighted by molar-refractivity contribution is 7.99. The fourth-order valence-corrected chi connectivity index (χ4v) is 4.30. The van der Waals surface area contributed by atoms with Gasteiger partial charge in [-0.15, -0.1) is 21.5 Å². The first kappa shape index (κ1) is 17.3. The standard InChI is InChI=1S/C19H13N5OS2/c20-10-14(18-22-15-8-4-5-9-17(15)27-18)16(25)11-26-19-23-21-12-24(19)13-6-2-1-3-7-13/h1-9,12,25H,11H2/b16-14-. The number of benzene rings is 2. The van der Waals surface area contributed by atoms with Crippen molar-refractivity contribution in [2.75, 3.05) is 5.75 Å². The Kier molecular flexibility index (Phi) is 4.87. The molecule has 0 bridgehead atoms. The molecule has 1 N–H and O–H groups in total. The van der Waals surface area contributed by atoms with Crippen LogP contribution in [-0.2, 0) is 0 Å². The van der Waals surface area contributed by atoms with Crippen LogP contribution in [0.5, 0.6) is 0 Å². The van der Waals surface area contributed by atoms with Gasteiger partial charge in [0.1, 0.15) is 28.7 Å². The molecule has 0 atom stereocenters. The molecule has 0 aliphatic heterocycles. The van der Waals surface area contributed by atoms with Crippen LogP contribution in [0.3, 0.4) is 0 Å². The van der Waals surface area contributed by atoms with Gasteiger partial charge in [0.25, 0.3) is 0 Å². The molecule has 2 aromatic carbocycles. The normalized spacial score (nSPS) is 12.0. The van der Waals surface area contributed by atoms with Gasteiger partial charge in [0.2, 0.25) is 0 Å². The van der Waals surface area contributed by atoms with Gasteiger partial charge in [0.15, 0.2) is 5.16 Å². The molecule has 27 heavy (non-hydrogen) atoms. The Morgan fingerprint density at radius 2 is 1.93 bits per heavy atom. The summed E-state index contributed by atoms with van der Waals surface area (Å²) in [7, 11) is 0. The van der Waals surface area contributed by atoms with Crippen molar-refractivity contribution in [3.05, 3.63) is 71.7 Å². The van der Waals surface area contributed by atoms with Crippen LogP contribution in [0, 0.1) is 11.3 Å². The van der Waals surface area contributed by atoms with Crippen LogP contribution in [0.4, 0.5) is 0 Å². The van der Waals surface area contributed by atoms with Crippen LogP contribution in [-0.4, -0.2) is 30.6 Å². The lowest BCUT2D eigenvalue weighted by Crippen LogP contribution is -1.98. The molecule has 8 heteroatoms. The van der Waals surface area contributed by atoms with Crippen LogP contribution in [0.15, 0.2) is 71.8 Å². The van der Waals surface area contributed by atoms with Crippen molar-refractivity contribution in [3.8, 4) is 11.8 Å². The Morgan fingerprint density at radius 3 is 2.70 bits per heavy atom. The molecule has 0 amide bonds. The van der Waals surface area contributed by atoms with Gasteiger partial charge in [0.05, 0.1) is 16.0 Å². The largest absolute Gasteiger partial charge is 0.510 e. The topological polar surface area (TPSA) is 87.6 Å². The summed E-state index contributed by atoms with van der Waals surface area (Å²) >= 11 is 2.70. The maximum absolute atomic E-state index is 10.5. The van der Waals surface area contributed by atoms with Crippen molar-refractivity contribution < 1.29 is 5.11 Å². The summed E-state index contributed by atoms with van der Waals surface area (Å²) in [6.45, 7) is 0. The van der Waals surface area contributed by atoms with E-state index in [0.29, 0.717) is 10.2 Å². The van der Waals surface area contributed by atoms with Gasteiger partial charge in [-0.25, -0.2) is 4.98 Å². The Balaban J connectivity index is 1.59. The maximum atomic E-state index is 10.5. The van der Waals surface area contributed by atoms with Crippen molar-refractivity contribution in [1.29, 1.82) is 5.26 Å². The lowest BCUT2D eigenvalue weighted by atomic mass is 10.2. The number of nitrogens with zero attached hydrogens (tertiary/aromatic N) is 5. The van der Waals surface area contributed by atoms with Crippen LogP contribution < -0.4 is 0 Å². The summed E-state index contributed by atoms with van der Waals surface area (Å²) in [5.74, 6) is 0.175. The summed E-state index contributed by atoms with van der Waals surface area (Å²) in [6.07, 6.45) is 1.62. The number of allylic oxidation sites excluding steroid dienone is 1. The first-order chi connectivity index (χ1) is 13.3. The predicted molar refractivity (Wildman–Crippen MR) is 107 cm³/mol. The van der Waals surface area contributed by atoms with Crippen molar-refractivity contribution >= 4 is 38.9 Å². The third-order valence-corrected chi connectivity index (χ3v) is 5.81. The highest BCUT2D eigenvalue weighted by atomic mass is 32.2. The second kappa shape index (κ2) is 7.61. The van der Waals surface area contributed by atoms with Gasteiger partial charge in [-0.1, -0.05) is 42.1 Å². The Hall–Kier alpha value is -3.15. The van der Waals surface area contributed by atoms with Gasteiger partial charge in [-0.05, 0) is 24.3 Å². The van der Waals surface area contributed by atoms with Crippen LogP contribution in [0.25, 0.3) is 21.5 Å². The molecule has 0 radical (unpaired) electrons. The molecule has 0 spiro atoms.